The van der Waals surface area contributed by atoms with Gasteiger partial charge in [-0.25, -0.2) is 9.97 Å². The summed E-state index contributed by atoms with van der Waals surface area (Å²) >= 11 is 1.65. The Morgan fingerprint density at radius 1 is 1.15 bits per heavy atom. The van der Waals surface area contributed by atoms with Gasteiger partial charge in [0.05, 0.1) is 15.2 Å². The monoisotopic (exact) mass is 392 g/mol. The molecule has 0 radical (unpaired) electrons. The number of nitrogens with zero attached hydrogens (tertiary/aromatic N) is 5. The summed E-state index contributed by atoms with van der Waals surface area (Å²) < 4.78 is 40.8. The predicted octanol–water partition coefficient (Wildman–Crippen LogP) is 4.11. The van der Waals surface area contributed by atoms with Crippen molar-refractivity contribution in [2.75, 3.05) is 11.9 Å². The molecule has 0 amide bonds. The molecule has 0 saturated heterocycles. The number of para-hydroxylation sites is 1. The molecule has 10 heteroatoms. The first kappa shape index (κ1) is 17.7. The van der Waals surface area contributed by atoms with Gasteiger partial charge in [0, 0.05) is 24.7 Å². The second-order valence-corrected chi connectivity index (χ2v) is 7.15. The van der Waals surface area contributed by atoms with Crippen LogP contribution in [0.15, 0.2) is 30.3 Å². The lowest BCUT2D eigenvalue weighted by Crippen LogP contribution is -2.10. The first-order chi connectivity index (χ1) is 12.9. The highest BCUT2D eigenvalue weighted by atomic mass is 32.1. The molecule has 0 spiro atoms. The molecule has 140 valence electrons. The number of fused-ring (bicyclic) bond motifs is 2. The molecule has 1 N–H and O–H groups in total. The second-order valence-electron chi connectivity index (χ2n) is 6.03. The topological polar surface area (TPSA) is 68.0 Å². The van der Waals surface area contributed by atoms with Crippen LogP contribution in [-0.2, 0) is 12.6 Å². The molecule has 27 heavy (non-hydrogen) atoms. The fourth-order valence-electron chi connectivity index (χ4n) is 2.72. The van der Waals surface area contributed by atoms with E-state index in [0.717, 1.165) is 32.6 Å². The Kier molecular flexibility index (Phi) is 4.42. The Morgan fingerprint density at radius 3 is 2.74 bits per heavy atom. The second kappa shape index (κ2) is 6.76. The average Bonchev–Trinajstić information content (AvgIpc) is 3.21. The molecule has 0 unspecified atom stereocenters. The van der Waals surface area contributed by atoms with Crippen LogP contribution < -0.4 is 5.32 Å². The molecule has 6 nitrogen and oxygen atoms in total. The van der Waals surface area contributed by atoms with Gasteiger partial charge in [0.2, 0.25) is 0 Å². The maximum Gasteiger partial charge on any atom is 0.453 e. The predicted molar refractivity (Wildman–Crippen MR) is 97.0 cm³/mol. The molecule has 3 heterocycles. The number of hydrogen-bond donors (Lipinski definition) is 1. The zero-order valence-electron chi connectivity index (χ0n) is 14.3. The number of benzene rings is 1. The van der Waals surface area contributed by atoms with Crippen LogP contribution in [0.1, 0.15) is 22.9 Å². The average molecular weight is 392 g/mol. The minimum Gasteiger partial charge on any atom is -0.370 e. The fraction of sp³-hybridized carbons (Fsp3) is 0.294. The summed E-state index contributed by atoms with van der Waals surface area (Å²) in [5.74, 6) is -0.834. The first-order valence-electron chi connectivity index (χ1n) is 8.30. The van der Waals surface area contributed by atoms with Gasteiger partial charge in [-0.2, -0.15) is 22.7 Å². The van der Waals surface area contributed by atoms with E-state index < -0.39 is 12.0 Å². The van der Waals surface area contributed by atoms with Gasteiger partial charge in [-0.3, -0.25) is 0 Å². The van der Waals surface area contributed by atoms with E-state index in [2.05, 4.69) is 25.4 Å². The molecular weight excluding hydrogens is 377 g/mol. The maximum atomic E-state index is 12.8. The summed E-state index contributed by atoms with van der Waals surface area (Å²) in [7, 11) is 0. The van der Waals surface area contributed by atoms with Crippen molar-refractivity contribution >= 4 is 33.1 Å². The molecule has 0 aliphatic heterocycles. The molecule has 3 aromatic heterocycles. The Labute approximate surface area is 156 Å². The van der Waals surface area contributed by atoms with Gasteiger partial charge in [-0.15, -0.1) is 16.4 Å². The van der Waals surface area contributed by atoms with Crippen molar-refractivity contribution in [2.24, 2.45) is 0 Å². The third kappa shape index (κ3) is 3.70. The van der Waals surface area contributed by atoms with Gasteiger partial charge in [-0.1, -0.05) is 12.1 Å². The van der Waals surface area contributed by atoms with Crippen molar-refractivity contribution in [3.05, 3.63) is 46.9 Å². The highest BCUT2D eigenvalue weighted by Crippen LogP contribution is 2.27. The van der Waals surface area contributed by atoms with E-state index in [0.29, 0.717) is 18.1 Å². The summed E-state index contributed by atoms with van der Waals surface area (Å²) in [6.07, 6.45) is -3.04. The first-order valence-corrected chi connectivity index (χ1v) is 9.12. The molecule has 0 fully saturated rings. The molecule has 1 aromatic carbocycles. The molecule has 4 aromatic rings. The lowest BCUT2D eigenvalue weighted by atomic mass is 10.3. The van der Waals surface area contributed by atoms with Crippen molar-refractivity contribution < 1.29 is 13.2 Å². The lowest BCUT2D eigenvalue weighted by molar-refractivity contribution is -0.144. The largest absolute Gasteiger partial charge is 0.453 e. The normalized spacial score (nSPS) is 12.1. The van der Waals surface area contributed by atoms with Crippen LogP contribution in [0, 0.1) is 6.92 Å². The van der Waals surface area contributed by atoms with Crippen LogP contribution >= 0.6 is 11.3 Å². The lowest BCUT2D eigenvalue weighted by Gasteiger charge is -2.08. The number of aryl methyl sites for hydroxylation is 2. The van der Waals surface area contributed by atoms with Crippen LogP contribution in [0.25, 0.3) is 16.0 Å². The van der Waals surface area contributed by atoms with Crippen molar-refractivity contribution in [3.8, 4) is 0 Å². The summed E-state index contributed by atoms with van der Waals surface area (Å²) in [4.78, 5) is 12.1. The van der Waals surface area contributed by atoms with E-state index in [4.69, 9.17) is 0 Å². The van der Waals surface area contributed by atoms with Crippen LogP contribution in [-0.4, -0.2) is 31.1 Å². The van der Waals surface area contributed by atoms with Gasteiger partial charge in [0.15, 0.2) is 0 Å². The minimum atomic E-state index is -4.61. The molecule has 0 aliphatic carbocycles. The van der Waals surface area contributed by atoms with Gasteiger partial charge in [-0.05, 0) is 25.5 Å². The number of alkyl halides is 3. The standard InChI is InChI=1S/C17H15F3N6S/c1-10-9-13(26-16(22-10)24-15(25-26)17(18,19)20)21-8-4-7-14-23-11-5-2-3-6-12(11)27-14/h2-3,5-6,9,21H,4,7-8H2,1H3. The highest BCUT2D eigenvalue weighted by molar-refractivity contribution is 7.18. The molecule has 0 atom stereocenters. The smallest absolute Gasteiger partial charge is 0.370 e. The molecular formula is C17H15F3N6S. The highest BCUT2D eigenvalue weighted by Gasteiger charge is 2.36. The SMILES string of the molecule is Cc1cc(NCCCc2nc3ccccc3s2)n2nc(C(F)(F)F)nc2n1. The Balaban J connectivity index is 1.46. The molecule has 0 aliphatic rings. The molecule has 0 bridgehead atoms. The zero-order valence-corrected chi connectivity index (χ0v) is 15.1. The van der Waals surface area contributed by atoms with Crippen molar-refractivity contribution in [3.63, 3.8) is 0 Å². The Bertz CT molecular complexity index is 1070. The number of anilines is 1. The number of rotatable bonds is 5. The van der Waals surface area contributed by atoms with E-state index in [1.165, 1.54) is 0 Å². The van der Waals surface area contributed by atoms with Gasteiger partial charge >= 0.3 is 6.18 Å². The van der Waals surface area contributed by atoms with E-state index in [1.807, 2.05) is 24.3 Å². The number of halogens is 3. The summed E-state index contributed by atoms with van der Waals surface area (Å²) in [6, 6.07) is 9.61. The van der Waals surface area contributed by atoms with Crippen molar-refractivity contribution in [1.29, 1.82) is 0 Å². The Morgan fingerprint density at radius 2 is 1.96 bits per heavy atom. The molecule has 4 rings (SSSR count). The summed E-state index contributed by atoms with van der Waals surface area (Å²) in [6.45, 7) is 2.27. The number of thiazole rings is 1. The third-order valence-electron chi connectivity index (χ3n) is 3.91. The van der Waals surface area contributed by atoms with Gasteiger partial charge in [0.1, 0.15) is 5.82 Å². The van der Waals surface area contributed by atoms with Crippen molar-refractivity contribution in [1.82, 2.24) is 24.6 Å². The Hall–Kier alpha value is -2.75. The zero-order chi connectivity index (χ0) is 19.0. The van der Waals surface area contributed by atoms with Crippen molar-refractivity contribution in [2.45, 2.75) is 25.9 Å². The number of nitrogens with one attached hydrogen (secondary N) is 1. The van der Waals surface area contributed by atoms with Crippen LogP contribution in [0.5, 0.6) is 0 Å². The number of hydrogen-bond acceptors (Lipinski definition) is 6. The third-order valence-corrected chi connectivity index (χ3v) is 5.00. The van der Waals surface area contributed by atoms with E-state index in [9.17, 15) is 13.2 Å². The maximum absolute atomic E-state index is 12.8. The molecule has 0 saturated carbocycles. The summed E-state index contributed by atoms with van der Waals surface area (Å²) in [5.41, 5.74) is 1.55. The fourth-order valence-corrected chi connectivity index (χ4v) is 3.72. The minimum absolute atomic E-state index is 0.0731. The van der Waals surface area contributed by atoms with Crippen LogP contribution in [0.2, 0.25) is 0 Å². The van der Waals surface area contributed by atoms with Gasteiger partial charge < -0.3 is 5.32 Å². The number of aromatic nitrogens is 5. The van der Waals surface area contributed by atoms with Gasteiger partial charge in [0.25, 0.3) is 11.6 Å². The van der Waals surface area contributed by atoms with Crippen LogP contribution in [0.4, 0.5) is 19.0 Å². The van der Waals surface area contributed by atoms with E-state index in [-0.39, 0.29) is 5.78 Å². The quantitative estimate of drug-likeness (QED) is 0.518. The van der Waals surface area contributed by atoms with E-state index >= 15 is 0 Å². The van der Waals surface area contributed by atoms with Crippen LogP contribution in [0.3, 0.4) is 0 Å². The van der Waals surface area contributed by atoms with E-state index in [1.54, 1.807) is 24.3 Å². The summed E-state index contributed by atoms with van der Waals surface area (Å²) in [5, 5.41) is 7.70.